The van der Waals surface area contributed by atoms with Crippen molar-refractivity contribution in [1.82, 2.24) is 9.66 Å². The minimum Gasteiger partial charge on any atom is -0.496 e. The molecule has 0 saturated carbocycles. The topological polar surface area (TPSA) is 92.0 Å². The first kappa shape index (κ1) is 27.6. The number of ether oxygens (including phenoxy) is 3. The molecule has 0 N–H and O–H groups in total. The van der Waals surface area contributed by atoms with Crippen LogP contribution in [0.4, 0.5) is 0 Å². The molecule has 39 heavy (non-hydrogen) atoms. The summed E-state index contributed by atoms with van der Waals surface area (Å²) in [5.41, 5.74) is 3.55. The van der Waals surface area contributed by atoms with Crippen LogP contribution < -0.4 is 15.0 Å². The van der Waals surface area contributed by atoms with Crippen molar-refractivity contribution in [2.24, 2.45) is 5.10 Å². The van der Waals surface area contributed by atoms with Crippen LogP contribution in [0.3, 0.4) is 0 Å². The van der Waals surface area contributed by atoms with E-state index in [1.54, 1.807) is 51.3 Å². The van der Waals surface area contributed by atoms with Crippen molar-refractivity contribution in [2.45, 2.75) is 46.6 Å². The number of benzene rings is 3. The number of aryl methyl sites for hydroxylation is 1. The Kier molecular flexibility index (Phi) is 8.44. The molecule has 0 aliphatic carbocycles. The zero-order valence-corrected chi connectivity index (χ0v) is 23.1. The molecular weight excluding hydrogens is 494 g/mol. The van der Waals surface area contributed by atoms with Crippen molar-refractivity contribution in [1.29, 1.82) is 0 Å². The van der Waals surface area contributed by atoms with Crippen molar-refractivity contribution >= 4 is 23.1 Å². The molecular formula is C31H33N3O5. The van der Waals surface area contributed by atoms with Crippen molar-refractivity contribution < 1.29 is 19.0 Å². The van der Waals surface area contributed by atoms with Crippen LogP contribution in [0.2, 0.25) is 0 Å². The number of para-hydroxylation sites is 2. The highest BCUT2D eigenvalue weighted by Gasteiger charge is 2.19. The van der Waals surface area contributed by atoms with Crippen LogP contribution in [-0.2, 0) is 9.53 Å². The Hall–Kier alpha value is -4.46. The van der Waals surface area contributed by atoms with Crippen molar-refractivity contribution in [3.8, 4) is 22.9 Å². The van der Waals surface area contributed by atoms with Gasteiger partial charge in [-0.25, -0.2) is 9.78 Å². The average Bonchev–Trinajstić information content (AvgIpc) is 2.93. The van der Waals surface area contributed by atoms with Gasteiger partial charge in [-0.05, 0) is 74.2 Å². The number of carbonyl (C=O) groups is 1. The van der Waals surface area contributed by atoms with Crippen LogP contribution in [-0.4, -0.2) is 41.7 Å². The molecule has 202 valence electrons. The van der Waals surface area contributed by atoms with Gasteiger partial charge in [0.1, 0.15) is 11.5 Å². The Labute approximate surface area is 227 Å². The van der Waals surface area contributed by atoms with E-state index < -0.39 is 12.1 Å². The molecule has 1 heterocycles. The number of aromatic nitrogens is 2. The van der Waals surface area contributed by atoms with Crippen LogP contribution in [0.25, 0.3) is 22.3 Å². The lowest BCUT2D eigenvalue weighted by atomic mass is 9.96. The van der Waals surface area contributed by atoms with Gasteiger partial charge in [0.25, 0.3) is 5.56 Å². The molecule has 0 fully saturated rings. The SMILES string of the molecule is CCOC(=O)[C@@H](C)Oc1ccccc1C=Nn1c(-c2cc(C(C)C)c(OC)cc2C)nc2ccccc2c1=O. The lowest BCUT2D eigenvalue weighted by molar-refractivity contribution is -0.150. The molecule has 0 amide bonds. The number of hydrogen-bond acceptors (Lipinski definition) is 7. The van der Waals surface area contributed by atoms with E-state index >= 15 is 0 Å². The molecule has 8 nitrogen and oxygen atoms in total. The fourth-order valence-electron chi connectivity index (χ4n) is 4.28. The average molecular weight is 528 g/mol. The fraction of sp³-hybridized carbons (Fsp3) is 0.290. The monoisotopic (exact) mass is 527 g/mol. The van der Waals surface area contributed by atoms with Crippen LogP contribution in [0.15, 0.2) is 70.6 Å². The summed E-state index contributed by atoms with van der Waals surface area (Å²) in [5.74, 6) is 1.36. The van der Waals surface area contributed by atoms with E-state index in [0.717, 1.165) is 22.4 Å². The largest absolute Gasteiger partial charge is 0.496 e. The van der Waals surface area contributed by atoms with Crippen molar-refractivity contribution in [3.05, 3.63) is 87.7 Å². The second-order valence-corrected chi connectivity index (χ2v) is 9.43. The normalized spacial score (nSPS) is 12.2. The molecule has 0 radical (unpaired) electrons. The molecule has 4 aromatic rings. The summed E-state index contributed by atoms with van der Waals surface area (Å²) in [7, 11) is 1.65. The van der Waals surface area contributed by atoms with Gasteiger partial charge >= 0.3 is 5.97 Å². The Bertz CT molecular complexity index is 1590. The molecule has 1 atom stereocenters. The van der Waals surface area contributed by atoms with Gasteiger partial charge in [-0.1, -0.05) is 38.1 Å². The highest BCUT2D eigenvalue weighted by molar-refractivity contribution is 5.85. The quantitative estimate of drug-likeness (QED) is 0.204. The van der Waals surface area contributed by atoms with Gasteiger partial charge in [-0.15, -0.1) is 0 Å². The minimum absolute atomic E-state index is 0.189. The van der Waals surface area contributed by atoms with Gasteiger partial charge in [0.2, 0.25) is 0 Å². The fourth-order valence-corrected chi connectivity index (χ4v) is 4.28. The summed E-state index contributed by atoms with van der Waals surface area (Å²) >= 11 is 0. The van der Waals surface area contributed by atoms with E-state index in [-0.39, 0.29) is 18.1 Å². The summed E-state index contributed by atoms with van der Waals surface area (Å²) < 4.78 is 17.9. The zero-order valence-electron chi connectivity index (χ0n) is 23.1. The molecule has 0 aliphatic heterocycles. The lowest BCUT2D eigenvalue weighted by Gasteiger charge is -2.17. The van der Waals surface area contributed by atoms with Crippen molar-refractivity contribution in [2.75, 3.05) is 13.7 Å². The third-order valence-corrected chi connectivity index (χ3v) is 6.35. The summed E-state index contributed by atoms with van der Waals surface area (Å²) in [6.45, 7) is 9.76. The summed E-state index contributed by atoms with van der Waals surface area (Å²) in [6.07, 6.45) is 0.730. The number of hydrogen-bond donors (Lipinski definition) is 0. The number of rotatable bonds is 9. The second-order valence-electron chi connectivity index (χ2n) is 9.43. The van der Waals surface area contributed by atoms with Gasteiger partial charge in [0.15, 0.2) is 11.9 Å². The molecule has 0 saturated heterocycles. The maximum atomic E-state index is 13.7. The third-order valence-electron chi connectivity index (χ3n) is 6.35. The van der Waals surface area contributed by atoms with E-state index in [9.17, 15) is 9.59 Å². The van der Waals surface area contributed by atoms with Crippen LogP contribution in [0.5, 0.6) is 11.5 Å². The highest BCUT2D eigenvalue weighted by Crippen LogP contribution is 2.34. The maximum Gasteiger partial charge on any atom is 0.347 e. The van der Waals surface area contributed by atoms with Crippen LogP contribution in [0, 0.1) is 6.92 Å². The molecule has 0 unspecified atom stereocenters. The Morgan fingerprint density at radius 2 is 1.77 bits per heavy atom. The number of carbonyl (C=O) groups excluding carboxylic acids is 1. The highest BCUT2D eigenvalue weighted by atomic mass is 16.6. The predicted molar refractivity (Wildman–Crippen MR) is 153 cm³/mol. The first-order valence-electron chi connectivity index (χ1n) is 12.9. The molecule has 8 heteroatoms. The standard InChI is InChI=1S/C31H33N3O5/c1-7-38-31(36)21(5)39-27-15-11-8-12-22(27)18-32-34-29(33-26-14-10-9-13-23(26)30(34)35)25-17-24(19(2)3)28(37-6)16-20(25)4/h8-19,21H,7H2,1-6H3/t21-/m1/s1. The first-order chi connectivity index (χ1) is 18.7. The Morgan fingerprint density at radius 1 is 1.05 bits per heavy atom. The van der Waals surface area contributed by atoms with E-state index in [1.807, 2.05) is 37.3 Å². The number of fused-ring (bicyclic) bond motifs is 1. The maximum absolute atomic E-state index is 13.7. The van der Waals surface area contributed by atoms with Gasteiger partial charge in [0.05, 0.1) is 30.8 Å². The molecule has 4 rings (SSSR count). The van der Waals surface area contributed by atoms with Gasteiger partial charge < -0.3 is 14.2 Å². The van der Waals surface area contributed by atoms with Gasteiger partial charge in [0, 0.05) is 11.1 Å². The van der Waals surface area contributed by atoms with Gasteiger partial charge in [-0.2, -0.15) is 9.78 Å². The molecule has 3 aromatic carbocycles. The Balaban J connectivity index is 1.87. The zero-order chi connectivity index (χ0) is 28.1. The molecule has 0 spiro atoms. The predicted octanol–water partition coefficient (Wildman–Crippen LogP) is 5.72. The Morgan fingerprint density at radius 3 is 2.49 bits per heavy atom. The summed E-state index contributed by atoms with van der Waals surface area (Å²) in [6, 6.07) is 18.3. The van der Waals surface area contributed by atoms with E-state index in [0.29, 0.717) is 28.0 Å². The van der Waals surface area contributed by atoms with Crippen LogP contribution in [0.1, 0.15) is 50.3 Å². The van der Waals surface area contributed by atoms with Crippen LogP contribution >= 0.6 is 0 Å². The molecule has 1 aromatic heterocycles. The third kappa shape index (κ3) is 5.85. The summed E-state index contributed by atoms with van der Waals surface area (Å²) in [5, 5.41) is 5.05. The van der Waals surface area contributed by atoms with E-state index in [4.69, 9.17) is 19.2 Å². The molecule has 0 bridgehead atoms. The number of methoxy groups -OCH3 is 1. The smallest absolute Gasteiger partial charge is 0.347 e. The van der Waals surface area contributed by atoms with E-state index in [1.165, 1.54) is 10.9 Å². The van der Waals surface area contributed by atoms with E-state index in [2.05, 4.69) is 18.9 Å². The first-order valence-corrected chi connectivity index (χ1v) is 12.9. The summed E-state index contributed by atoms with van der Waals surface area (Å²) in [4.78, 5) is 30.7. The molecule has 0 aliphatic rings. The van der Waals surface area contributed by atoms with Crippen molar-refractivity contribution in [3.63, 3.8) is 0 Å². The minimum atomic E-state index is -0.809. The number of nitrogens with zero attached hydrogens (tertiary/aromatic N) is 3. The lowest BCUT2D eigenvalue weighted by Crippen LogP contribution is -2.26. The van der Waals surface area contributed by atoms with Gasteiger partial charge in [-0.3, -0.25) is 4.79 Å². The second kappa shape index (κ2) is 11.9. The number of esters is 1.